The number of carbonyl (C=O) groups is 1. The molecule has 0 aliphatic rings. The van der Waals surface area contributed by atoms with Gasteiger partial charge in [0.15, 0.2) is 4.96 Å². The molecule has 0 atom stereocenters. The molecule has 0 saturated heterocycles. The number of carbonyl (C=O) groups excluding carboxylic acids is 1. The van der Waals surface area contributed by atoms with E-state index in [-0.39, 0.29) is 17.7 Å². The predicted octanol–water partition coefficient (Wildman–Crippen LogP) is 2.94. The number of amides is 1. The summed E-state index contributed by atoms with van der Waals surface area (Å²) in [7, 11) is 0. The van der Waals surface area contributed by atoms with Crippen molar-refractivity contribution >= 4 is 22.2 Å². The Kier molecular flexibility index (Phi) is 4.79. The van der Waals surface area contributed by atoms with E-state index >= 15 is 0 Å². The zero-order valence-electron chi connectivity index (χ0n) is 13.3. The highest BCUT2D eigenvalue weighted by Gasteiger charge is 2.30. The summed E-state index contributed by atoms with van der Waals surface area (Å²) >= 11 is 1.30. The van der Waals surface area contributed by atoms with Gasteiger partial charge in [-0.25, -0.2) is 10.5 Å². The van der Waals surface area contributed by atoms with Crippen LogP contribution in [-0.4, -0.2) is 15.3 Å². The lowest BCUT2D eigenvalue weighted by molar-refractivity contribution is -0.137. The van der Waals surface area contributed by atoms with Gasteiger partial charge in [0.25, 0.3) is 11.5 Å². The van der Waals surface area contributed by atoms with Gasteiger partial charge < -0.3 is 0 Å². The first-order valence-electron chi connectivity index (χ1n) is 7.32. The molecule has 0 aliphatic carbocycles. The average molecular weight is 383 g/mol. The molecule has 2 heterocycles. The maximum atomic E-state index is 12.7. The maximum absolute atomic E-state index is 12.7. The molecule has 136 valence electrons. The predicted molar refractivity (Wildman–Crippen MR) is 87.8 cm³/mol. The van der Waals surface area contributed by atoms with Crippen LogP contribution in [0.15, 0.2) is 41.5 Å². The highest BCUT2D eigenvalue weighted by Crippen LogP contribution is 2.29. The lowest BCUT2D eigenvalue weighted by atomic mass is 10.1. The first-order chi connectivity index (χ1) is 12.3. The van der Waals surface area contributed by atoms with Gasteiger partial charge in [0, 0.05) is 17.3 Å². The molecule has 10 heteroatoms. The average Bonchev–Trinajstić information content (AvgIpc) is 2.96. The minimum Gasteiger partial charge on any atom is -0.269 e. The SMILES string of the molecule is Cc1cn2c(=O)c(C(=O)NOCc3cccc(C(F)(F)F)c3)cnc2s1. The lowest BCUT2D eigenvalue weighted by Gasteiger charge is -2.09. The third kappa shape index (κ3) is 3.75. The van der Waals surface area contributed by atoms with Crippen molar-refractivity contribution in [1.29, 1.82) is 0 Å². The van der Waals surface area contributed by atoms with Crippen LogP contribution in [0.25, 0.3) is 4.96 Å². The van der Waals surface area contributed by atoms with Gasteiger partial charge >= 0.3 is 6.18 Å². The molecule has 2 aromatic heterocycles. The van der Waals surface area contributed by atoms with Crippen LogP contribution in [0.2, 0.25) is 0 Å². The van der Waals surface area contributed by atoms with Crippen LogP contribution in [0.1, 0.15) is 26.4 Å². The number of rotatable bonds is 4. The molecule has 26 heavy (non-hydrogen) atoms. The third-order valence-electron chi connectivity index (χ3n) is 3.43. The second-order valence-electron chi connectivity index (χ2n) is 5.39. The summed E-state index contributed by atoms with van der Waals surface area (Å²) < 4.78 is 39.2. The van der Waals surface area contributed by atoms with Crippen LogP contribution >= 0.6 is 11.3 Å². The number of benzene rings is 1. The number of fused-ring (bicyclic) bond motifs is 1. The van der Waals surface area contributed by atoms with Gasteiger partial charge in [-0.05, 0) is 24.6 Å². The molecular weight excluding hydrogens is 371 g/mol. The number of hydroxylamine groups is 1. The van der Waals surface area contributed by atoms with Gasteiger partial charge in [0.1, 0.15) is 5.56 Å². The van der Waals surface area contributed by atoms with Crippen molar-refractivity contribution in [3.63, 3.8) is 0 Å². The first-order valence-corrected chi connectivity index (χ1v) is 8.13. The van der Waals surface area contributed by atoms with E-state index in [0.717, 1.165) is 23.2 Å². The minimum atomic E-state index is -4.46. The van der Waals surface area contributed by atoms with Crippen molar-refractivity contribution in [3.8, 4) is 0 Å². The van der Waals surface area contributed by atoms with Crippen LogP contribution < -0.4 is 11.0 Å². The highest BCUT2D eigenvalue weighted by atomic mass is 32.1. The fourth-order valence-corrected chi connectivity index (χ4v) is 3.01. The minimum absolute atomic E-state index is 0.221. The van der Waals surface area contributed by atoms with Gasteiger partial charge in [-0.15, -0.1) is 11.3 Å². The van der Waals surface area contributed by atoms with Crippen molar-refractivity contribution in [2.75, 3.05) is 0 Å². The fraction of sp³-hybridized carbons (Fsp3) is 0.188. The fourth-order valence-electron chi connectivity index (χ4n) is 2.23. The Labute approximate surface area is 148 Å². The number of halogens is 3. The van der Waals surface area contributed by atoms with Crippen molar-refractivity contribution in [1.82, 2.24) is 14.9 Å². The van der Waals surface area contributed by atoms with E-state index in [1.165, 1.54) is 27.9 Å². The summed E-state index contributed by atoms with van der Waals surface area (Å²) in [5, 5.41) is 0. The van der Waals surface area contributed by atoms with Crippen LogP contribution in [0.4, 0.5) is 13.2 Å². The number of nitrogens with one attached hydrogen (secondary N) is 1. The van der Waals surface area contributed by atoms with Crippen LogP contribution in [-0.2, 0) is 17.6 Å². The molecule has 3 aromatic rings. The Bertz CT molecular complexity index is 1030. The number of aryl methyl sites for hydroxylation is 1. The summed E-state index contributed by atoms with van der Waals surface area (Å²) in [6.07, 6.45) is -1.76. The lowest BCUT2D eigenvalue weighted by Crippen LogP contribution is -2.31. The standard InChI is InChI=1S/C16H12F3N3O3S/c1-9-7-22-14(24)12(6-20-15(22)26-9)13(23)21-25-8-10-3-2-4-11(5-10)16(17,18)19/h2-7H,8H2,1H3,(H,21,23). The zero-order chi connectivity index (χ0) is 18.9. The second-order valence-corrected chi connectivity index (χ2v) is 6.60. The quantitative estimate of drug-likeness (QED) is 0.703. The van der Waals surface area contributed by atoms with Crippen molar-refractivity contribution < 1.29 is 22.8 Å². The van der Waals surface area contributed by atoms with Gasteiger partial charge in [-0.2, -0.15) is 13.2 Å². The second kappa shape index (κ2) is 6.89. The van der Waals surface area contributed by atoms with Crippen molar-refractivity contribution in [3.05, 3.63) is 68.6 Å². The van der Waals surface area contributed by atoms with Gasteiger partial charge in [0.2, 0.25) is 0 Å². The normalized spacial score (nSPS) is 11.7. The van der Waals surface area contributed by atoms with E-state index in [4.69, 9.17) is 4.84 Å². The molecule has 3 rings (SSSR count). The Morgan fingerprint density at radius 1 is 1.38 bits per heavy atom. The number of thiazole rings is 1. The molecule has 0 saturated carbocycles. The van der Waals surface area contributed by atoms with E-state index < -0.39 is 23.2 Å². The van der Waals surface area contributed by atoms with Gasteiger partial charge in [0.05, 0.1) is 12.2 Å². The molecular formula is C16H12F3N3O3S. The number of hydrogen-bond donors (Lipinski definition) is 1. The topological polar surface area (TPSA) is 72.7 Å². The summed E-state index contributed by atoms with van der Waals surface area (Å²) in [6, 6.07) is 4.53. The number of nitrogens with zero attached hydrogens (tertiary/aromatic N) is 2. The van der Waals surface area contributed by atoms with Crippen molar-refractivity contribution in [2.24, 2.45) is 0 Å². The summed E-state index contributed by atoms with van der Waals surface area (Å²) in [5.41, 5.74) is 0.667. The van der Waals surface area contributed by atoms with Crippen molar-refractivity contribution in [2.45, 2.75) is 19.7 Å². The Balaban J connectivity index is 1.68. The zero-order valence-corrected chi connectivity index (χ0v) is 14.1. The van der Waals surface area contributed by atoms with E-state index in [1.54, 1.807) is 13.1 Å². The monoisotopic (exact) mass is 383 g/mol. The largest absolute Gasteiger partial charge is 0.416 e. The molecule has 1 amide bonds. The first kappa shape index (κ1) is 18.1. The highest BCUT2D eigenvalue weighted by molar-refractivity contribution is 7.16. The number of aromatic nitrogens is 2. The third-order valence-corrected chi connectivity index (χ3v) is 4.34. The van der Waals surface area contributed by atoms with Crippen LogP contribution in [0.3, 0.4) is 0 Å². The Morgan fingerprint density at radius 2 is 2.15 bits per heavy atom. The van der Waals surface area contributed by atoms with E-state index in [9.17, 15) is 22.8 Å². The molecule has 6 nitrogen and oxygen atoms in total. The van der Waals surface area contributed by atoms with E-state index in [1.807, 2.05) is 5.48 Å². The molecule has 1 N–H and O–H groups in total. The Morgan fingerprint density at radius 3 is 2.88 bits per heavy atom. The van der Waals surface area contributed by atoms with Crippen LogP contribution in [0, 0.1) is 6.92 Å². The van der Waals surface area contributed by atoms with Gasteiger partial charge in [-0.3, -0.25) is 18.8 Å². The maximum Gasteiger partial charge on any atom is 0.416 e. The smallest absolute Gasteiger partial charge is 0.269 e. The summed E-state index contributed by atoms with van der Waals surface area (Å²) in [6.45, 7) is 1.51. The van der Waals surface area contributed by atoms with Gasteiger partial charge in [-0.1, -0.05) is 12.1 Å². The molecule has 0 unspecified atom stereocenters. The summed E-state index contributed by atoms with van der Waals surface area (Å²) in [4.78, 5) is 34.6. The Hall–Kier alpha value is -2.72. The molecule has 0 radical (unpaired) electrons. The molecule has 0 aliphatic heterocycles. The molecule has 0 bridgehead atoms. The van der Waals surface area contributed by atoms with E-state index in [0.29, 0.717) is 4.96 Å². The number of hydrogen-bond acceptors (Lipinski definition) is 5. The summed E-state index contributed by atoms with van der Waals surface area (Å²) in [5.74, 6) is -0.826. The molecule has 0 spiro atoms. The molecule has 0 fully saturated rings. The number of alkyl halides is 3. The van der Waals surface area contributed by atoms with E-state index in [2.05, 4.69) is 4.98 Å². The van der Waals surface area contributed by atoms with Crippen LogP contribution in [0.5, 0.6) is 0 Å². The molecule has 1 aromatic carbocycles.